The van der Waals surface area contributed by atoms with Crippen molar-refractivity contribution < 1.29 is 9.13 Å². The van der Waals surface area contributed by atoms with Crippen molar-refractivity contribution in [3.63, 3.8) is 0 Å². The second kappa shape index (κ2) is 5.40. The van der Waals surface area contributed by atoms with Crippen LogP contribution < -0.4 is 10.5 Å². The van der Waals surface area contributed by atoms with Crippen molar-refractivity contribution >= 4 is 21.6 Å². The second-order valence-corrected chi connectivity index (χ2v) is 4.90. The van der Waals surface area contributed by atoms with Gasteiger partial charge >= 0.3 is 0 Å². The van der Waals surface area contributed by atoms with E-state index < -0.39 is 0 Å². The first-order valence-corrected chi connectivity index (χ1v) is 6.28. The van der Waals surface area contributed by atoms with Gasteiger partial charge in [0.2, 0.25) is 0 Å². The van der Waals surface area contributed by atoms with E-state index in [4.69, 9.17) is 10.5 Å². The molecule has 2 aromatic rings. The summed E-state index contributed by atoms with van der Waals surface area (Å²) in [5.74, 6) is 0.445. The van der Waals surface area contributed by atoms with Gasteiger partial charge in [0.05, 0.1) is 4.47 Å². The third kappa shape index (κ3) is 3.01. The van der Waals surface area contributed by atoms with E-state index in [-0.39, 0.29) is 5.82 Å². The SMILES string of the molecule is Cc1cc(F)ccc1COc1cc(N)ccc1Br. The minimum atomic E-state index is -0.235. The molecule has 0 atom stereocenters. The molecule has 0 saturated heterocycles. The summed E-state index contributed by atoms with van der Waals surface area (Å²) >= 11 is 3.39. The first-order chi connectivity index (χ1) is 8.56. The number of aryl methyl sites for hydroxylation is 1. The van der Waals surface area contributed by atoms with Crippen LogP contribution in [-0.2, 0) is 6.61 Å². The lowest BCUT2D eigenvalue weighted by Crippen LogP contribution is -1.99. The summed E-state index contributed by atoms with van der Waals surface area (Å²) in [5, 5.41) is 0. The highest BCUT2D eigenvalue weighted by molar-refractivity contribution is 9.10. The molecule has 0 fully saturated rings. The molecule has 0 radical (unpaired) electrons. The molecule has 94 valence electrons. The molecule has 0 heterocycles. The number of nitrogens with two attached hydrogens (primary N) is 1. The predicted molar refractivity (Wildman–Crippen MR) is 74.0 cm³/mol. The van der Waals surface area contributed by atoms with Gasteiger partial charge in [-0.2, -0.15) is 0 Å². The predicted octanol–water partition coefficient (Wildman–Crippen LogP) is 4.06. The molecule has 2 rings (SSSR count). The maximum atomic E-state index is 13.0. The fraction of sp³-hybridized carbons (Fsp3) is 0.143. The molecule has 0 aliphatic heterocycles. The molecule has 0 spiro atoms. The molecule has 2 N–H and O–H groups in total. The number of halogens is 2. The zero-order chi connectivity index (χ0) is 13.1. The molecule has 0 amide bonds. The van der Waals surface area contributed by atoms with Crippen molar-refractivity contribution in [3.8, 4) is 5.75 Å². The van der Waals surface area contributed by atoms with Gasteiger partial charge in [0.25, 0.3) is 0 Å². The van der Waals surface area contributed by atoms with Crippen LogP contribution in [0.1, 0.15) is 11.1 Å². The number of benzene rings is 2. The van der Waals surface area contributed by atoms with E-state index in [2.05, 4.69) is 15.9 Å². The fourth-order valence-corrected chi connectivity index (χ4v) is 1.97. The van der Waals surface area contributed by atoms with Crippen LogP contribution in [0, 0.1) is 12.7 Å². The smallest absolute Gasteiger partial charge is 0.136 e. The Labute approximate surface area is 114 Å². The summed E-state index contributed by atoms with van der Waals surface area (Å²) in [5.41, 5.74) is 8.16. The monoisotopic (exact) mass is 309 g/mol. The van der Waals surface area contributed by atoms with Gasteiger partial charge in [0, 0.05) is 11.8 Å². The summed E-state index contributed by atoms with van der Waals surface area (Å²) < 4.78 is 19.5. The molecule has 0 unspecified atom stereocenters. The molecule has 0 aromatic heterocycles. The summed E-state index contributed by atoms with van der Waals surface area (Å²) in [7, 11) is 0. The maximum Gasteiger partial charge on any atom is 0.136 e. The molecule has 2 aromatic carbocycles. The molecular weight excluding hydrogens is 297 g/mol. The topological polar surface area (TPSA) is 35.2 Å². The van der Waals surface area contributed by atoms with Crippen LogP contribution in [0.5, 0.6) is 5.75 Å². The quantitative estimate of drug-likeness (QED) is 0.868. The molecule has 0 aliphatic carbocycles. The van der Waals surface area contributed by atoms with E-state index in [1.165, 1.54) is 12.1 Å². The summed E-state index contributed by atoms with van der Waals surface area (Å²) in [6.07, 6.45) is 0. The average Bonchev–Trinajstić information content (AvgIpc) is 2.32. The van der Waals surface area contributed by atoms with Crippen molar-refractivity contribution in [2.75, 3.05) is 5.73 Å². The number of nitrogen functional groups attached to an aromatic ring is 1. The molecular formula is C14H13BrFNO. The first kappa shape index (κ1) is 12.9. The summed E-state index contributed by atoms with van der Waals surface area (Å²) in [4.78, 5) is 0. The molecule has 0 bridgehead atoms. The van der Waals surface area contributed by atoms with Crippen molar-refractivity contribution in [2.45, 2.75) is 13.5 Å². The van der Waals surface area contributed by atoms with Crippen molar-refractivity contribution in [1.82, 2.24) is 0 Å². The minimum Gasteiger partial charge on any atom is -0.488 e. The lowest BCUT2D eigenvalue weighted by atomic mass is 10.1. The van der Waals surface area contributed by atoms with E-state index >= 15 is 0 Å². The molecule has 2 nitrogen and oxygen atoms in total. The van der Waals surface area contributed by atoms with Gasteiger partial charge in [-0.25, -0.2) is 4.39 Å². The normalized spacial score (nSPS) is 10.4. The Balaban J connectivity index is 2.13. The minimum absolute atomic E-state index is 0.235. The van der Waals surface area contributed by atoms with Crippen LogP contribution in [0.4, 0.5) is 10.1 Å². The third-order valence-corrected chi connectivity index (χ3v) is 3.30. The lowest BCUT2D eigenvalue weighted by molar-refractivity contribution is 0.303. The van der Waals surface area contributed by atoms with Gasteiger partial charge in [0.15, 0.2) is 0 Å². The Morgan fingerprint density at radius 2 is 2.00 bits per heavy atom. The zero-order valence-electron chi connectivity index (χ0n) is 9.91. The average molecular weight is 310 g/mol. The third-order valence-electron chi connectivity index (χ3n) is 2.64. The van der Waals surface area contributed by atoms with Gasteiger partial charge in [-0.3, -0.25) is 0 Å². The van der Waals surface area contributed by atoms with Gasteiger partial charge in [-0.15, -0.1) is 0 Å². The van der Waals surface area contributed by atoms with Gasteiger partial charge in [-0.1, -0.05) is 6.07 Å². The Hall–Kier alpha value is -1.55. The summed E-state index contributed by atoms with van der Waals surface area (Å²) in [6.45, 7) is 2.24. The Bertz CT molecular complexity index is 572. The fourth-order valence-electron chi connectivity index (χ4n) is 1.61. The number of anilines is 1. The molecule has 18 heavy (non-hydrogen) atoms. The molecule has 0 saturated carbocycles. The van der Waals surface area contributed by atoms with Crippen molar-refractivity contribution in [2.24, 2.45) is 0 Å². The van der Waals surface area contributed by atoms with Crippen LogP contribution >= 0.6 is 15.9 Å². The highest BCUT2D eigenvalue weighted by Gasteiger charge is 2.04. The standard InChI is InChI=1S/C14H13BrFNO/c1-9-6-11(16)3-2-10(9)8-18-14-7-12(17)4-5-13(14)15/h2-7H,8,17H2,1H3. The maximum absolute atomic E-state index is 13.0. The van der Waals surface area contributed by atoms with Crippen LogP contribution in [0.2, 0.25) is 0 Å². The Kier molecular flexibility index (Phi) is 3.87. The van der Waals surface area contributed by atoms with Crippen LogP contribution in [-0.4, -0.2) is 0 Å². The highest BCUT2D eigenvalue weighted by atomic mass is 79.9. The van der Waals surface area contributed by atoms with Crippen LogP contribution in [0.3, 0.4) is 0 Å². The first-order valence-electron chi connectivity index (χ1n) is 5.49. The number of hydrogen-bond acceptors (Lipinski definition) is 2. The van der Waals surface area contributed by atoms with Crippen LogP contribution in [0.15, 0.2) is 40.9 Å². The van der Waals surface area contributed by atoms with Crippen LogP contribution in [0.25, 0.3) is 0 Å². The lowest BCUT2D eigenvalue weighted by Gasteiger charge is -2.10. The van der Waals surface area contributed by atoms with E-state index in [0.29, 0.717) is 18.0 Å². The van der Waals surface area contributed by atoms with E-state index in [1.54, 1.807) is 18.2 Å². The summed E-state index contributed by atoms with van der Waals surface area (Å²) in [6, 6.07) is 10.0. The zero-order valence-corrected chi connectivity index (χ0v) is 11.5. The van der Waals surface area contributed by atoms with E-state index in [0.717, 1.165) is 15.6 Å². The number of hydrogen-bond donors (Lipinski definition) is 1. The van der Waals surface area contributed by atoms with Gasteiger partial charge in [0.1, 0.15) is 18.2 Å². The Morgan fingerprint density at radius 1 is 1.22 bits per heavy atom. The Morgan fingerprint density at radius 3 is 2.72 bits per heavy atom. The largest absolute Gasteiger partial charge is 0.488 e. The van der Waals surface area contributed by atoms with Gasteiger partial charge in [-0.05, 0) is 58.2 Å². The van der Waals surface area contributed by atoms with Crippen molar-refractivity contribution in [3.05, 3.63) is 57.8 Å². The second-order valence-electron chi connectivity index (χ2n) is 4.05. The number of ether oxygens (including phenoxy) is 1. The van der Waals surface area contributed by atoms with Crippen molar-refractivity contribution in [1.29, 1.82) is 0 Å². The van der Waals surface area contributed by atoms with E-state index in [1.807, 2.05) is 13.0 Å². The number of rotatable bonds is 3. The highest BCUT2D eigenvalue weighted by Crippen LogP contribution is 2.28. The van der Waals surface area contributed by atoms with Gasteiger partial charge < -0.3 is 10.5 Å². The van der Waals surface area contributed by atoms with E-state index in [9.17, 15) is 4.39 Å². The molecule has 4 heteroatoms. The molecule has 0 aliphatic rings.